The Kier molecular flexibility index (Phi) is 1.99. The molecular formula is C8H16FN. The van der Waals surface area contributed by atoms with Crippen molar-refractivity contribution in [3.63, 3.8) is 0 Å². The number of halogens is 1. The van der Waals surface area contributed by atoms with Crippen LogP contribution in [0, 0.1) is 5.92 Å². The van der Waals surface area contributed by atoms with E-state index < -0.39 is 5.67 Å². The Morgan fingerprint density at radius 1 is 1.40 bits per heavy atom. The Hall–Kier alpha value is -0.110. The zero-order valence-electron chi connectivity index (χ0n) is 6.73. The Labute approximate surface area is 61.8 Å². The molecule has 1 nitrogen and oxygen atoms in total. The predicted octanol–water partition coefficient (Wildman–Crippen LogP) is 1.86. The molecule has 0 aromatic heterocycles. The summed E-state index contributed by atoms with van der Waals surface area (Å²) in [5.41, 5.74) is 4.64. The third-order valence-electron chi connectivity index (χ3n) is 2.44. The summed E-state index contributed by atoms with van der Waals surface area (Å²) in [4.78, 5) is 0. The van der Waals surface area contributed by atoms with Gasteiger partial charge in [0.05, 0.1) is 0 Å². The van der Waals surface area contributed by atoms with E-state index in [0.717, 1.165) is 19.3 Å². The fourth-order valence-corrected chi connectivity index (χ4v) is 1.64. The second-order valence-electron chi connectivity index (χ2n) is 3.83. The molecule has 1 aliphatic rings. The summed E-state index contributed by atoms with van der Waals surface area (Å²) in [7, 11) is 0. The second-order valence-corrected chi connectivity index (χ2v) is 3.83. The molecular weight excluding hydrogens is 129 g/mol. The van der Waals surface area contributed by atoms with Crippen LogP contribution in [-0.2, 0) is 0 Å². The molecule has 0 spiro atoms. The lowest BCUT2D eigenvalue weighted by Gasteiger charge is -2.21. The average Bonchev–Trinajstić information content (AvgIpc) is 2.11. The number of nitrogens with two attached hydrogens (primary N) is 1. The van der Waals surface area contributed by atoms with Crippen molar-refractivity contribution in [1.82, 2.24) is 0 Å². The van der Waals surface area contributed by atoms with Crippen LogP contribution in [0.4, 0.5) is 4.39 Å². The molecule has 60 valence electrons. The van der Waals surface area contributed by atoms with E-state index in [1.54, 1.807) is 13.8 Å². The van der Waals surface area contributed by atoms with Crippen molar-refractivity contribution >= 4 is 0 Å². The van der Waals surface area contributed by atoms with Crippen LogP contribution in [0.15, 0.2) is 0 Å². The molecule has 2 heteroatoms. The zero-order valence-corrected chi connectivity index (χ0v) is 6.73. The van der Waals surface area contributed by atoms with Crippen LogP contribution in [0.1, 0.15) is 33.1 Å². The molecule has 0 heterocycles. The fraction of sp³-hybridized carbons (Fsp3) is 1.00. The summed E-state index contributed by atoms with van der Waals surface area (Å²) in [5.74, 6) is 0.197. The molecule has 0 bridgehead atoms. The molecule has 1 aliphatic carbocycles. The number of hydrogen-bond acceptors (Lipinski definition) is 1. The topological polar surface area (TPSA) is 26.0 Å². The van der Waals surface area contributed by atoms with Gasteiger partial charge in [-0.25, -0.2) is 4.39 Å². The first kappa shape index (κ1) is 7.99. The molecule has 0 aromatic rings. The van der Waals surface area contributed by atoms with E-state index in [9.17, 15) is 4.39 Å². The van der Waals surface area contributed by atoms with Gasteiger partial charge in [-0.2, -0.15) is 0 Å². The number of alkyl halides is 1. The SMILES string of the molecule is CC(C)(F)C1CCC(N)C1. The van der Waals surface area contributed by atoms with Gasteiger partial charge in [-0.15, -0.1) is 0 Å². The zero-order chi connectivity index (χ0) is 7.78. The van der Waals surface area contributed by atoms with Crippen molar-refractivity contribution in [2.45, 2.75) is 44.8 Å². The van der Waals surface area contributed by atoms with Gasteiger partial charge in [0.2, 0.25) is 0 Å². The Balaban J connectivity index is 2.45. The standard InChI is InChI=1S/C8H16FN/c1-8(2,9)6-3-4-7(10)5-6/h6-7H,3-5,10H2,1-2H3. The minimum absolute atomic E-state index is 0.197. The summed E-state index contributed by atoms with van der Waals surface area (Å²) >= 11 is 0. The van der Waals surface area contributed by atoms with E-state index in [-0.39, 0.29) is 12.0 Å². The molecule has 2 N–H and O–H groups in total. The first-order chi connectivity index (χ1) is 4.50. The first-order valence-corrected chi connectivity index (χ1v) is 3.94. The van der Waals surface area contributed by atoms with Crippen molar-refractivity contribution in [3.8, 4) is 0 Å². The van der Waals surface area contributed by atoms with Gasteiger partial charge in [0.1, 0.15) is 5.67 Å². The fourth-order valence-electron chi connectivity index (χ4n) is 1.64. The lowest BCUT2D eigenvalue weighted by molar-refractivity contribution is 0.127. The molecule has 2 atom stereocenters. The minimum Gasteiger partial charge on any atom is -0.328 e. The van der Waals surface area contributed by atoms with Crippen LogP contribution in [0.25, 0.3) is 0 Å². The summed E-state index contributed by atoms with van der Waals surface area (Å²) in [6, 6.07) is 0.250. The third-order valence-corrected chi connectivity index (χ3v) is 2.44. The van der Waals surface area contributed by atoms with Crippen LogP contribution in [0.2, 0.25) is 0 Å². The highest BCUT2D eigenvalue weighted by atomic mass is 19.1. The highest BCUT2D eigenvalue weighted by molar-refractivity contribution is 4.87. The maximum atomic E-state index is 13.2. The molecule has 1 rings (SSSR count). The van der Waals surface area contributed by atoms with Gasteiger partial charge in [-0.05, 0) is 39.0 Å². The summed E-state index contributed by atoms with van der Waals surface area (Å²) in [5, 5.41) is 0. The Morgan fingerprint density at radius 2 is 2.00 bits per heavy atom. The quantitative estimate of drug-likeness (QED) is 0.598. The van der Waals surface area contributed by atoms with E-state index >= 15 is 0 Å². The normalized spacial score (nSPS) is 34.8. The molecule has 2 unspecified atom stereocenters. The first-order valence-electron chi connectivity index (χ1n) is 3.94. The maximum absolute atomic E-state index is 13.2. The highest BCUT2D eigenvalue weighted by Gasteiger charge is 2.34. The van der Waals surface area contributed by atoms with Gasteiger partial charge < -0.3 is 5.73 Å². The molecule has 10 heavy (non-hydrogen) atoms. The monoisotopic (exact) mass is 145 g/mol. The molecule has 0 radical (unpaired) electrons. The largest absolute Gasteiger partial charge is 0.328 e. The van der Waals surface area contributed by atoms with E-state index in [4.69, 9.17) is 5.73 Å². The van der Waals surface area contributed by atoms with Gasteiger partial charge in [0.25, 0.3) is 0 Å². The van der Waals surface area contributed by atoms with Crippen molar-refractivity contribution in [2.75, 3.05) is 0 Å². The van der Waals surface area contributed by atoms with Crippen LogP contribution in [0.3, 0.4) is 0 Å². The minimum atomic E-state index is -1.02. The van der Waals surface area contributed by atoms with Gasteiger partial charge in [-0.1, -0.05) is 0 Å². The van der Waals surface area contributed by atoms with Crippen molar-refractivity contribution < 1.29 is 4.39 Å². The third kappa shape index (κ3) is 1.69. The smallest absolute Gasteiger partial charge is 0.108 e. The lowest BCUT2D eigenvalue weighted by atomic mass is 9.91. The van der Waals surface area contributed by atoms with Crippen LogP contribution >= 0.6 is 0 Å². The van der Waals surface area contributed by atoms with E-state index in [1.165, 1.54) is 0 Å². The van der Waals surface area contributed by atoms with Gasteiger partial charge >= 0.3 is 0 Å². The molecule has 1 saturated carbocycles. The predicted molar refractivity (Wildman–Crippen MR) is 40.5 cm³/mol. The highest BCUT2D eigenvalue weighted by Crippen LogP contribution is 2.35. The van der Waals surface area contributed by atoms with Crippen molar-refractivity contribution in [2.24, 2.45) is 11.7 Å². The lowest BCUT2D eigenvalue weighted by Crippen LogP contribution is -2.25. The average molecular weight is 145 g/mol. The molecule has 0 aliphatic heterocycles. The van der Waals surface area contributed by atoms with E-state index in [1.807, 2.05) is 0 Å². The van der Waals surface area contributed by atoms with Gasteiger partial charge in [0.15, 0.2) is 0 Å². The van der Waals surface area contributed by atoms with E-state index in [2.05, 4.69) is 0 Å². The number of hydrogen-bond donors (Lipinski definition) is 1. The summed E-state index contributed by atoms with van der Waals surface area (Å²) in [6.45, 7) is 3.30. The van der Waals surface area contributed by atoms with E-state index in [0.29, 0.717) is 0 Å². The van der Waals surface area contributed by atoms with Gasteiger partial charge in [0, 0.05) is 6.04 Å². The second kappa shape index (κ2) is 2.50. The summed E-state index contributed by atoms with van der Waals surface area (Å²) in [6.07, 6.45) is 2.83. The molecule has 1 fully saturated rings. The Morgan fingerprint density at radius 3 is 2.20 bits per heavy atom. The number of rotatable bonds is 1. The van der Waals surface area contributed by atoms with Crippen molar-refractivity contribution in [3.05, 3.63) is 0 Å². The molecule has 0 aromatic carbocycles. The maximum Gasteiger partial charge on any atom is 0.108 e. The van der Waals surface area contributed by atoms with Gasteiger partial charge in [-0.3, -0.25) is 0 Å². The van der Waals surface area contributed by atoms with Crippen LogP contribution in [-0.4, -0.2) is 11.7 Å². The van der Waals surface area contributed by atoms with Crippen LogP contribution in [0.5, 0.6) is 0 Å². The Bertz CT molecular complexity index is 117. The van der Waals surface area contributed by atoms with Crippen molar-refractivity contribution in [1.29, 1.82) is 0 Å². The summed E-state index contributed by atoms with van der Waals surface area (Å²) < 4.78 is 13.2. The molecule has 0 amide bonds. The van der Waals surface area contributed by atoms with Crippen LogP contribution < -0.4 is 5.73 Å². The molecule has 0 saturated heterocycles.